The maximum absolute atomic E-state index is 12.5. The Morgan fingerprint density at radius 1 is 0.676 bits per heavy atom. The zero-order valence-corrected chi connectivity index (χ0v) is 42.0. The van der Waals surface area contributed by atoms with Crippen molar-refractivity contribution in [2.24, 2.45) is 14.1 Å². The minimum Gasteiger partial charge on any atom is -0.464 e. The Morgan fingerprint density at radius 3 is 1.49 bits per heavy atom. The lowest BCUT2D eigenvalue weighted by molar-refractivity contribution is -0.142. The van der Waals surface area contributed by atoms with E-state index in [2.05, 4.69) is 35.8 Å². The van der Waals surface area contributed by atoms with Crippen molar-refractivity contribution < 1.29 is 46.5 Å². The van der Waals surface area contributed by atoms with E-state index in [0.717, 1.165) is 39.4 Å². The lowest BCUT2D eigenvalue weighted by Crippen LogP contribution is -2.42. The Morgan fingerprint density at radius 2 is 1.10 bits per heavy atom. The van der Waals surface area contributed by atoms with Crippen molar-refractivity contribution in [3.05, 3.63) is 61.0 Å². The summed E-state index contributed by atoms with van der Waals surface area (Å²) in [6.07, 6.45) is 17.7. The van der Waals surface area contributed by atoms with E-state index in [-0.39, 0.29) is 30.3 Å². The van der Waals surface area contributed by atoms with E-state index in [1.165, 1.54) is 25.6 Å². The Hall–Kier alpha value is -6.56. The molecule has 6 aromatic heterocycles. The highest BCUT2D eigenvalue weighted by Gasteiger charge is 2.25. The molecule has 0 aliphatic heterocycles. The minimum absolute atomic E-state index is 0.0538. The van der Waals surface area contributed by atoms with Crippen molar-refractivity contribution in [3.63, 3.8) is 0 Å². The summed E-state index contributed by atoms with van der Waals surface area (Å²) < 4.78 is 52.9. The third kappa shape index (κ3) is 15.2. The van der Waals surface area contributed by atoms with Crippen LogP contribution in [0.4, 0.5) is 9.59 Å². The number of hydrogen-bond donors (Lipinski definition) is 2. The van der Waals surface area contributed by atoms with Gasteiger partial charge in [-0.05, 0) is 73.5 Å². The van der Waals surface area contributed by atoms with E-state index in [4.69, 9.17) is 23.9 Å². The number of esters is 2. The highest BCUT2D eigenvalue weighted by Crippen LogP contribution is 2.27. The van der Waals surface area contributed by atoms with Gasteiger partial charge < -0.3 is 29.6 Å². The van der Waals surface area contributed by atoms with Crippen LogP contribution in [0.2, 0.25) is 0 Å². The Labute approximate surface area is 398 Å². The van der Waals surface area contributed by atoms with Crippen LogP contribution in [-0.2, 0) is 65.3 Å². The smallest absolute Gasteiger partial charge is 0.407 e. The number of alkyl carbamates (subject to hydrolysis) is 2. The van der Waals surface area contributed by atoms with Crippen LogP contribution in [0.25, 0.3) is 33.8 Å². The summed E-state index contributed by atoms with van der Waals surface area (Å²) in [5.74, 6) is -0.894. The molecule has 0 saturated carbocycles. The fraction of sp³-hybridized carbons (Fsp3) is 0.500. The molecule has 0 fully saturated rings. The number of aryl methyl sites for hydroxylation is 4. The molecule has 0 bridgehead atoms. The molecule has 0 aliphatic rings. The second-order valence-electron chi connectivity index (χ2n) is 17.9. The summed E-state index contributed by atoms with van der Waals surface area (Å²) in [6.45, 7) is 13.2. The molecule has 2 amide bonds. The molecule has 0 saturated heterocycles. The summed E-state index contributed by atoms with van der Waals surface area (Å²) in [7, 11) is -0.0399. The van der Waals surface area contributed by atoms with Gasteiger partial charge in [-0.3, -0.25) is 27.8 Å². The molecular weight excluding hydrogens is 921 g/mol. The molecule has 22 nitrogen and oxygen atoms in total. The summed E-state index contributed by atoms with van der Waals surface area (Å²) in [5.41, 5.74) is 4.23. The van der Waals surface area contributed by atoms with Crippen molar-refractivity contribution in [1.82, 2.24) is 58.9 Å². The number of nitrogens with zero attached hydrogens (tertiary/aromatic N) is 10. The van der Waals surface area contributed by atoms with Gasteiger partial charge in [0.25, 0.3) is 0 Å². The van der Waals surface area contributed by atoms with Gasteiger partial charge in [-0.15, -0.1) is 11.8 Å². The Kier molecular flexibility index (Phi) is 17.0. The molecule has 2 atom stereocenters. The molecule has 0 radical (unpaired) electrons. The first-order valence-corrected chi connectivity index (χ1v) is 24.6. The van der Waals surface area contributed by atoms with E-state index >= 15 is 0 Å². The zero-order valence-electron chi connectivity index (χ0n) is 40.4. The van der Waals surface area contributed by atoms with Crippen LogP contribution < -0.4 is 10.6 Å². The average molecular weight is 981 g/mol. The molecule has 6 rings (SSSR count). The largest absolute Gasteiger partial charge is 0.464 e. The first-order valence-electron chi connectivity index (χ1n) is 21.5. The highest BCUT2D eigenvalue weighted by atomic mass is 32.2. The summed E-state index contributed by atoms with van der Waals surface area (Å²) >= 11 is 1.52. The summed E-state index contributed by atoms with van der Waals surface area (Å²) in [5, 5.41) is 14.6. The normalized spacial score (nSPS) is 12.8. The first-order chi connectivity index (χ1) is 31.8. The molecular formula is C44H60N12O10S2. The Balaban J connectivity index is 0.000000255. The number of carbonyl (C=O) groups excluding carboxylic acids is 4. The number of fused-ring (bicyclic) bond motifs is 2. The number of amides is 2. The molecule has 2 unspecified atom stereocenters. The van der Waals surface area contributed by atoms with E-state index in [1.807, 2.05) is 36.3 Å². The monoisotopic (exact) mass is 980 g/mol. The highest BCUT2D eigenvalue weighted by molar-refractivity contribution is 7.98. The molecule has 6 aromatic rings. The van der Waals surface area contributed by atoms with Crippen molar-refractivity contribution in [2.45, 2.75) is 114 Å². The molecule has 24 heteroatoms. The van der Waals surface area contributed by atoms with E-state index in [9.17, 15) is 27.6 Å². The number of ether oxygens (including phenoxy) is 4. The minimum atomic E-state index is -3.69. The number of carbonyl (C=O) groups is 4. The number of aromatic nitrogens is 10. The van der Waals surface area contributed by atoms with Gasteiger partial charge in [0, 0.05) is 70.1 Å². The Bertz CT molecular complexity index is 2860. The van der Waals surface area contributed by atoms with E-state index in [0.29, 0.717) is 30.7 Å². The maximum Gasteiger partial charge on any atom is 0.407 e. The number of sulfone groups is 1. The number of hydrogen-bond acceptors (Lipinski definition) is 17. The molecule has 2 N–H and O–H groups in total. The van der Waals surface area contributed by atoms with Crippen molar-refractivity contribution in [2.75, 3.05) is 25.7 Å². The third-order valence-electron chi connectivity index (χ3n) is 9.48. The van der Waals surface area contributed by atoms with Gasteiger partial charge in [0.2, 0.25) is 0 Å². The molecule has 0 spiro atoms. The molecule has 0 aromatic carbocycles. The fourth-order valence-corrected chi connectivity index (χ4v) is 7.91. The number of thioether (sulfide) groups is 1. The summed E-state index contributed by atoms with van der Waals surface area (Å²) in [4.78, 5) is 65.1. The van der Waals surface area contributed by atoms with Gasteiger partial charge in [0.15, 0.2) is 26.2 Å². The predicted octanol–water partition coefficient (Wildman–Crippen LogP) is 5.16. The van der Waals surface area contributed by atoms with Gasteiger partial charge in [-0.1, -0.05) is 0 Å². The number of nitrogens with one attached hydrogen (secondary N) is 2. The first kappa shape index (κ1) is 52.4. The SMILES string of the molecule is CC(=O)OCC(CCc1cn2c(-c3cnn(C)c3)cnc2c(S(C)(=O)=O)n1)NC(=O)OC(C)(C)C.CSc1nc(CCC(COC(C)=O)NC(=O)OC(C)(C)C)cn2c(-c3cnn(C)c3)cnc12. The van der Waals surface area contributed by atoms with Crippen molar-refractivity contribution >= 4 is 57.0 Å². The van der Waals surface area contributed by atoms with E-state index < -0.39 is 57.2 Å². The predicted molar refractivity (Wildman–Crippen MR) is 251 cm³/mol. The van der Waals surface area contributed by atoms with Crippen LogP contribution in [0.1, 0.15) is 79.6 Å². The molecule has 0 aliphatic carbocycles. The van der Waals surface area contributed by atoms with Gasteiger partial charge in [-0.25, -0.2) is 37.9 Å². The van der Waals surface area contributed by atoms with Gasteiger partial charge in [-0.2, -0.15) is 10.2 Å². The zero-order chi connectivity index (χ0) is 50.1. The number of imidazole rings is 2. The molecule has 68 heavy (non-hydrogen) atoms. The van der Waals surface area contributed by atoms with Crippen LogP contribution >= 0.6 is 11.8 Å². The van der Waals surface area contributed by atoms with Gasteiger partial charge >= 0.3 is 24.1 Å². The van der Waals surface area contributed by atoms with Crippen LogP contribution in [0, 0.1) is 0 Å². The average Bonchev–Trinajstić information content (AvgIpc) is 4.04. The topological polar surface area (TPSA) is 259 Å². The number of rotatable bonds is 16. The molecule has 368 valence electrons. The second kappa shape index (κ2) is 22.0. The van der Waals surface area contributed by atoms with E-state index in [1.54, 1.807) is 93.3 Å². The maximum atomic E-state index is 12.5. The lowest BCUT2D eigenvalue weighted by Gasteiger charge is -2.23. The standard InChI is InChI=1S/C22H30N6O6S.C22H30N6O4S/c1-14(29)33-13-17(26-21(30)34-22(2,3)4)8-7-16-12-28-18(15-9-24-27(5)11-15)10-23-19(28)20(25-16)35(6,31)32;1-14(29)31-13-17(26-21(30)32-22(2,3)4)8-7-16-12-28-18(15-9-24-27(5)11-15)10-23-19(28)20(25-16)33-6/h9-12,17H,7-8,13H2,1-6H3,(H,26,30);9-12,17H,7-8,13H2,1-6H3,(H,26,30). The van der Waals surface area contributed by atoms with Gasteiger partial charge in [0.1, 0.15) is 29.4 Å². The van der Waals surface area contributed by atoms with Crippen LogP contribution in [0.3, 0.4) is 0 Å². The van der Waals surface area contributed by atoms with Crippen LogP contribution in [0.15, 0.2) is 59.6 Å². The summed E-state index contributed by atoms with van der Waals surface area (Å²) in [6, 6.07) is -0.993. The third-order valence-corrected chi connectivity index (χ3v) is 11.1. The van der Waals surface area contributed by atoms with Crippen LogP contribution in [0.5, 0.6) is 0 Å². The molecule has 6 heterocycles. The quantitative estimate of drug-likeness (QED) is 0.0721. The second-order valence-corrected chi connectivity index (χ2v) is 20.6. The lowest BCUT2D eigenvalue weighted by atomic mass is 10.1. The van der Waals surface area contributed by atoms with Crippen molar-refractivity contribution in [1.29, 1.82) is 0 Å². The van der Waals surface area contributed by atoms with Crippen molar-refractivity contribution in [3.8, 4) is 22.5 Å². The van der Waals surface area contributed by atoms with Gasteiger partial charge in [0.05, 0.1) is 59.6 Å². The fourth-order valence-electron chi connectivity index (χ4n) is 6.60. The van der Waals surface area contributed by atoms with Crippen LogP contribution in [-0.4, -0.2) is 130 Å².